The van der Waals surface area contributed by atoms with Crippen molar-refractivity contribution in [3.05, 3.63) is 48.0 Å². The van der Waals surface area contributed by atoms with E-state index in [1.807, 2.05) is 18.2 Å². The molecule has 6 nitrogen and oxygen atoms in total. The summed E-state index contributed by atoms with van der Waals surface area (Å²) in [6.07, 6.45) is 0. The summed E-state index contributed by atoms with van der Waals surface area (Å²) >= 11 is 0. The minimum atomic E-state index is -0.0159. The Hall–Kier alpha value is -2.73. The Balaban J connectivity index is 1.61. The fraction of sp³-hybridized carbons (Fsp3) is 0.350. The summed E-state index contributed by atoms with van der Waals surface area (Å²) in [5, 5.41) is 3.35. The third kappa shape index (κ3) is 3.60. The zero-order chi connectivity index (χ0) is 18.5. The van der Waals surface area contributed by atoms with Crippen molar-refractivity contribution in [2.24, 2.45) is 5.92 Å². The minimum Gasteiger partial charge on any atom is -0.493 e. The number of β-lactam (4-membered cyclic amide) rings is 1. The number of hydrogen-bond acceptors (Lipinski definition) is 5. The molecule has 1 fully saturated rings. The van der Waals surface area contributed by atoms with Gasteiger partial charge in [0.1, 0.15) is 0 Å². The molecule has 1 amide bonds. The van der Waals surface area contributed by atoms with Gasteiger partial charge in [-0.1, -0.05) is 30.3 Å². The van der Waals surface area contributed by atoms with Crippen molar-refractivity contribution in [1.29, 1.82) is 0 Å². The van der Waals surface area contributed by atoms with Crippen molar-refractivity contribution in [3.63, 3.8) is 0 Å². The summed E-state index contributed by atoms with van der Waals surface area (Å²) in [5.41, 5.74) is 1.96. The predicted molar refractivity (Wildman–Crippen MR) is 100 cm³/mol. The van der Waals surface area contributed by atoms with Crippen molar-refractivity contribution >= 4 is 11.6 Å². The molecule has 0 radical (unpaired) electrons. The first-order chi connectivity index (χ1) is 12.7. The normalized spacial score (nSPS) is 16.2. The number of benzene rings is 2. The monoisotopic (exact) mass is 356 g/mol. The number of carbonyl (C=O) groups excluding carboxylic acids is 1. The number of nitrogens with zero attached hydrogens (tertiary/aromatic N) is 1. The number of nitrogens with one attached hydrogen (secondary N) is 1. The largest absolute Gasteiger partial charge is 0.493 e. The van der Waals surface area contributed by atoms with Gasteiger partial charge in [0.05, 0.1) is 32.9 Å². The smallest absolute Gasteiger partial charge is 0.233 e. The van der Waals surface area contributed by atoms with Crippen molar-refractivity contribution in [2.45, 2.75) is 6.54 Å². The molecule has 3 rings (SSSR count). The maximum absolute atomic E-state index is 12.5. The van der Waals surface area contributed by atoms with Crippen LogP contribution in [0.3, 0.4) is 0 Å². The van der Waals surface area contributed by atoms with Gasteiger partial charge in [0.25, 0.3) is 0 Å². The van der Waals surface area contributed by atoms with E-state index in [-0.39, 0.29) is 11.8 Å². The van der Waals surface area contributed by atoms with Crippen LogP contribution in [0.4, 0.5) is 5.69 Å². The SMILES string of the molecule is COc1cc(N2C[C@@H](CNCc3ccccc3)C2=O)cc(OC)c1OC. The molecule has 1 heterocycles. The Kier molecular flexibility index (Phi) is 5.63. The summed E-state index contributed by atoms with van der Waals surface area (Å²) in [6, 6.07) is 13.7. The summed E-state index contributed by atoms with van der Waals surface area (Å²) in [4.78, 5) is 14.3. The van der Waals surface area contributed by atoms with Gasteiger partial charge in [-0.15, -0.1) is 0 Å². The molecule has 0 aliphatic carbocycles. The Morgan fingerprint density at radius 3 is 2.23 bits per heavy atom. The molecular weight excluding hydrogens is 332 g/mol. The molecule has 0 saturated carbocycles. The fourth-order valence-electron chi connectivity index (χ4n) is 3.09. The van der Waals surface area contributed by atoms with E-state index in [1.54, 1.807) is 38.4 Å². The molecule has 0 aromatic heterocycles. The lowest BCUT2D eigenvalue weighted by atomic mass is 9.97. The standard InChI is InChI=1S/C20H24N2O4/c1-24-17-9-16(10-18(25-2)19(17)26-3)22-13-15(20(22)23)12-21-11-14-7-5-4-6-8-14/h4-10,15,21H,11-13H2,1-3H3/t15-/m1/s1. The molecular formula is C20H24N2O4. The molecule has 1 N–H and O–H groups in total. The first-order valence-electron chi connectivity index (χ1n) is 8.54. The van der Waals surface area contributed by atoms with E-state index < -0.39 is 0 Å². The van der Waals surface area contributed by atoms with Gasteiger partial charge in [-0.25, -0.2) is 0 Å². The zero-order valence-corrected chi connectivity index (χ0v) is 15.3. The lowest BCUT2D eigenvalue weighted by molar-refractivity contribution is -0.127. The number of amides is 1. The van der Waals surface area contributed by atoms with E-state index >= 15 is 0 Å². The van der Waals surface area contributed by atoms with Crippen LogP contribution >= 0.6 is 0 Å². The zero-order valence-electron chi connectivity index (χ0n) is 15.3. The second-order valence-electron chi connectivity index (χ2n) is 6.15. The highest BCUT2D eigenvalue weighted by Gasteiger charge is 2.37. The molecule has 1 aliphatic heterocycles. The van der Waals surface area contributed by atoms with Crippen LogP contribution in [0.2, 0.25) is 0 Å². The molecule has 1 atom stereocenters. The lowest BCUT2D eigenvalue weighted by Gasteiger charge is -2.39. The summed E-state index contributed by atoms with van der Waals surface area (Å²) in [7, 11) is 4.69. The average molecular weight is 356 g/mol. The van der Waals surface area contributed by atoms with Crippen LogP contribution in [0.5, 0.6) is 17.2 Å². The fourth-order valence-corrected chi connectivity index (χ4v) is 3.09. The van der Waals surface area contributed by atoms with Crippen LogP contribution in [-0.4, -0.2) is 40.3 Å². The van der Waals surface area contributed by atoms with E-state index in [9.17, 15) is 4.79 Å². The van der Waals surface area contributed by atoms with Gasteiger partial charge < -0.3 is 24.4 Å². The highest BCUT2D eigenvalue weighted by molar-refractivity contribution is 6.02. The third-order valence-corrected chi connectivity index (χ3v) is 4.54. The number of ether oxygens (including phenoxy) is 3. The number of methoxy groups -OCH3 is 3. The lowest BCUT2D eigenvalue weighted by Crippen LogP contribution is -2.56. The molecule has 0 bridgehead atoms. The summed E-state index contributed by atoms with van der Waals surface area (Å²) < 4.78 is 16.0. The maximum atomic E-state index is 12.5. The molecule has 138 valence electrons. The highest BCUT2D eigenvalue weighted by Crippen LogP contribution is 2.42. The minimum absolute atomic E-state index is 0.0159. The van der Waals surface area contributed by atoms with Gasteiger partial charge in [0.15, 0.2) is 11.5 Å². The van der Waals surface area contributed by atoms with Crippen LogP contribution in [0, 0.1) is 5.92 Å². The van der Waals surface area contributed by atoms with Crippen LogP contribution in [-0.2, 0) is 11.3 Å². The Morgan fingerprint density at radius 2 is 1.69 bits per heavy atom. The van der Waals surface area contributed by atoms with Gasteiger partial charge in [-0.05, 0) is 5.56 Å². The van der Waals surface area contributed by atoms with Gasteiger partial charge in [-0.2, -0.15) is 0 Å². The Labute approximate surface area is 153 Å². The van der Waals surface area contributed by atoms with Gasteiger partial charge >= 0.3 is 0 Å². The average Bonchev–Trinajstić information content (AvgIpc) is 2.69. The van der Waals surface area contributed by atoms with Crippen molar-refractivity contribution in [1.82, 2.24) is 5.32 Å². The molecule has 0 unspecified atom stereocenters. The van der Waals surface area contributed by atoms with Crippen LogP contribution < -0.4 is 24.4 Å². The maximum Gasteiger partial charge on any atom is 0.233 e. The van der Waals surface area contributed by atoms with E-state index in [0.717, 1.165) is 12.2 Å². The molecule has 6 heteroatoms. The van der Waals surface area contributed by atoms with E-state index in [2.05, 4.69) is 17.4 Å². The molecule has 2 aromatic rings. The van der Waals surface area contributed by atoms with Crippen molar-refractivity contribution in [3.8, 4) is 17.2 Å². The first-order valence-corrected chi connectivity index (χ1v) is 8.54. The van der Waals surface area contributed by atoms with Gasteiger partial charge in [0.2, 0.25) is 11.7 Å². The van der Waals surface area contributed by atoms with E-state index in [0.29, 0.717) is 30.3 Å². The second-order valence-corrected chi connectivity index (χ2v) is 6.15. The molecule has 26 heavy (non-hydrogen) atoms. The van der Waals surface area contributed by atoms with Gasteiger partial charge in [0, 0.05) is 31.8 Å². The van der Waals surface area contributed by atoms with Crippen molar-refractivity contribution in [2.75, 3.05) is 39.3 Å². The van der Waals surface area contributed by atoms with Crippen LogP contribution in [0.1, 0.15) is 5.56 Å². The third-order valence-electron chi connectivity index (χ3n) is 4.54. The molecule has 2 aromatic carbocycles. The van der Waals surface area contributed by atoms with Crippen molar-refractivity contribution < 1.29 is 19.0 Å². The highest BCUT2D eigenvalue weighted by atomic mass is 16.5. The first kappa shape index (κ1) is 18.1. The number of rotatable bonds is 8. The Bertz CT molecular complexity index is 739. The summed E-state index contributed by atoms with van der Waals surface area (Å²) in [5.74, 6) is 1.69. The molecule has 1 saturated heterocycles. The second kappa shape index (κ2) is 8.10. The van der Waals surface area contributed by atoms with Gasteiger partial charge in [-0.3, -0.25) is 4.79 Å². The molecule has 0 spiro atoms. The number of hydrogen-bond donors (Lipinski definition) is 1. The van der Waals surface area contributed by atoms with E-state index in [1.165, 1.54) is 5.56 Å². The topological polar surface area (TPSA) is 60.0 Å². The number of anilines is 1. The van der Waals surface area contributed by atoms with Crippen LogP contribution in [0.25, 0.3) is 0 Å². The number of carbonyl (C=O) groups is 1. The summed E-state index contributed by atoms with van der Waals surface area (Å²) in [6.45, 7) is 2.09. The van der Waals surface area contributed by atoms with E-state index in [4.69, 9.17) is 14.2 Å². The van der Waals surface area contributed by atoms with Crippen LogP contribution in [0.15, 0.2) is 42.5 Å². The Morgan fingerprint density at radius 1 is 1.04 bits per heavy atom. The molecule has 1 aliphatic rings. The quantitative estimate of drug-likeness (QED) is 0.737. The predicted octanol–water partition coefficient (Wildman–Crippen LogP) is 2.47.